The van der Waals surface area contributed by atoms with Gasteiger partial charge in [0.2, 0.25) is 0 Å². The summed E-state index contributed by atoms with van der Waals surface area (Å²) in [7, 11) is 0. The first-order chi connectivity index (χ1) is 14.6. The van der Waals surface area contributed by atoms with Crippen LogP contribution in [0.1, 0.15) is 29.3 Å². The zero-order valence-electron chi connectivity index (χ0n) is 16.6. The van der Waals surface area contributed by atoms with E-state index >= 15 is 0 Å². The molecule has 2 heterocycles. The van der Waals surface area contributed by atoms with Crippen LogP contribution in [0.5, 0.6) is 11.5 Å². The maximum Gasteiger partial charge on any atom is 0.256 e. The van der Waals surface area contributed by atoms with Gasteiger partial charge in [-0.05, 0) is 72.6 Å². The van der Waals surface area contributed by atoms with Crippen LogP contribution in [0.4, 0.5) is 11.5 Å². The lowest BCUT2D eigenvalue weighted by Crippen LogP contribution is -2.13. The number of aromatic nitrogens is 2. The number of ether oxygens (including phenoxy) is 1. The summed E-state index contributed by atoms with van der Waals surface area (Å²) in [5.74, 6) is 1.60. The molecule has 0 spiro atoms. The molecule has 0 radical (unpaired) electrons. The molecule has 0 saturated heterocycles. The third-order valence-electron chi connectivity index (χ3n) is 4.67. The van der Waals surface area contributed by atoms with Crippen LogP contribution < -0.4 is 15.8 Å². The number of nitrogens with zero attached hydrogens (tertiary/aromatic N) is 2. The van der Waals surface area contributed by atoms with E-state index in [1.807, 2.05) is 24.3 Å². The Bertz CT molecular complexity index is 1190. The molecular weight excluding hydrogens is 376 g/mol. The maximum atomic E-state index is 12.6. The average Bonchev–Trinajstić information content (AvgIpc) is 2.75. The lowest BCUT2D eigenvalue weighted by atomic mass is 10.1. The Labute approximate surface area is 174 Å². The van der Waals surface area contributed by atoms with E-state index in [-0.39, 0.29) is 5.91 Å². The summed E-state index contributed by atoms with van der Waals surface area (Å²) in [5.41, 5.74) is 9.01. The van der Waals surface area contributed by atoms with Crippen molar-refractivity contribution in [3.63, 3.8) is 0 Å². The number of nitrogen functional groups attached to an aromatic ring is 1. The van der Waals surface area contributed by atoms with Crippen LogP contribution in [0.2, 0.25) is 0 Å². The van der Waals surface area contributed by atoms with Crippen molar-refractivity contribution in [1.29, 1.82) is 0 Å². The first-order valence-electron chi connectivity index (χ1n) is 9.81. The number of carbonyl (C=O) groups excluding carboxylic acids is 1. The quantitative estimate of drug-likeness (QED) is 0.435. The van der Waals surface area contributed by atoms with Crippen molar-refractivity contribution in [3.05, 3.63) is 84.2 Å². The van der Waals surface area contributed by atoms with Crippen LogP contribution in [0.25, 0.3) is 10.9 Å². The maximum absolute atomic E-state index is 12.6. The molecule has 0 bridgehead atoms. The Morgan fingerprint density at radius 3 is 2.60 bits per heavy atom. The summed E-state index contributed by atoms with van der Waals surface area (Å²) >= 11 is 0. The Kier molecular flexibility index (Phi) is 5.57. The number of nitrogens with one attached hydrogen (secondary N) is 1. The van der Waals surface area contributed by atoms with Gasteiger partial charge in [-0.15, -0.1) is 0 Å². The largest absolute Gasteiger partial charge is 0.457 e. The first-order valence-corrected chi connectivity index (χ1v) is 9.81. The van der Waals surface area contributed by atoms with Gasteiger partial charge in [0.15, 0.2) is 0 Å². The molecule has 4 aromatic rings. The lowest BCUT2D eigenvalue weighted by molar-refractivity contribution is 0.102. The van der Waals surface area contributed by atoms with Crippen molar-refractivity contribution in [2.75, 3.05) is 11.1 Å². The fourth-order valence-electron chi connectivity index (χ4n) is 3.20. The average molecular weight is 398 g/mol. The van der Waals surface area contributed by atoms with E-state index in [0.717, 1.165) is 29.3 Å². The summed E-state index contributed by atoms with van der Waals surface area (Å²) in [6.45, 7) is 2.12. The Balaban J connectivity index is 1.49. The van der Waals surface area contributed by atoms with Gasteiger partial charge < -0.3 is 15.8 Å². The van der Waals surface area contributed by atoms with Crippen LogP contribution in [-0.4, -0.2) is 15.9 Å². The van der Waals surface area contributed by atoms with Gasteiger partial charge in [-0.3, -0.25) is 9.78 Å². The van der Waals surface area contributed by atoms with Gasteiger partial charge in [0.25, 0.3) is 5.91 Å². The second-order valence-electron chi connectivity index (χ2n) is 6.97. The molecule has 0 aliphatic rings. The van der Waals surface area contributed by atoms with E-state index < -0.39 is 0 Å². The molecule has 4 rings (SSSR count). The van der Waals surface area contributed by atoms with Crippen LogP contribution >= 0.6 is 0 Å². The predicted octanol–water partition coefficient (Wildman–Crippen LogP) is 5.21. The topological polar surface area (TPSA) is 90.1 Å². The van der Waals surface area contributed by atoms with E-state index in [1.165, 1.54) is 0 Å². The third-order valence-corrected chi connectivity index (χ3v) is 4.67. The molecule has 0 aliphatic heterocycles. The number of hydrogen-bond donors (Lipinski definition) is 2. The van der Waals surface area contributed by atoms with E-state index in [9.17, 15) is 4.79 Å². The minimum atomic E-state index is -0.218. The normalized spacial score (nSPS) is 10.7. The molecule has 6 heteroatoms. The highest BCUT2D eigenvalue weighted by molar-refractivity contribution is 6.03. The van der Waals surface area contributed by atoms with Gasteiger partial charge in [0.05, 0.1) is 5.52 Å². The number of pyridine rings is 2. The van der Waals surface area contributed by atoms with Gasteiger partial charge in [-0.1, -0.05) is 13.3 Å². The molecule has 6 nitrogen and oxygen atoms in total. The monoisotopic (exact) mass is 398 g/mol. The molecule has 0 fully saturated rings. The second-order valence-corrected chi connectivity index (χ2v) is 6.97. The summed E-state index contributed by atoms with van der Waals surface area (Å²) in [6.07, 6.45) is 5.39. The number of carbonyl (C=O) groups is 1. The number of rotatable bonds is 6. The molecule has 0 unspecified atom stereocenters. The number of aryl methyl sites for hydroxylation is 1. The molecule has 150 valence electrons. The van der Waals surface area contributed by atoms with Gasteiger partial charge in [0, 0.05) is 29.0 Å². The second kappa shape index (κ2) is 8.61. The van der Waals surface area contributed by atoms with E-state index in [4.69, 9.17) is 10.5 Å². The molecule has 1 amide bonds. The highest BCUT2D eigenvalue weighted by Gasteiger charge is 2.09. The van der Waals surface area contributed by atoms with Crippen molar-refractivity contribution in [3.8, 4) is 11.5 Å². The first kappa shape index (κ1) is 19.4. The molecule has 3 N–H and O–H groups in total. The smallest absolute Gasteiger partial charge is 0.256 e. The molecule has 0 saturated carbocycles. The van der Waals surface area contributed by atoms with Gasteiger partial charge in [-0.2, -0.15) is 0 Å². The van der Waals surface area contributed by atoms with Crippen LogP contribution in [0, 0.1) is 0 Å². The SMILES string of the molecule is CCCc1ccnc(NC(=O)c2ccc(Oc3ccnc4ccc(N)cc34)cc2)c1. The van der Waals surface area contributed by atoms with Gasteiger partial charge in [-0.25, -0.2) is 4.98 Å². The molecule has 2 aromatic carbocycles. The fourth-order valence-corrected chi connectivity index (χ4v) is 3.20. The third kappa shape index (κ3) is 4.38. The molecule has 0 atom stereocenters. The minimum Gasteiger partial charge on any atom is -0.457 e. The predicted molar refractivity (Wildman–Crippen MR) is 119 cm³/mol. The zero-order valence-corrected chi connectivity index (χ0v) is 16.6. The number of anilines is 2. The molecule has 2 aromatic heterocycles. The van der Waals surface area contributed by atoms with E-state index in [1.54, 1.807) is 48.8 Å². The van der Waals surface area contributed by atoms with Crippen molar-refractivity contribution in [2.24, 2.45) is 0 Å². The number of benzene rings is 2. The molecular formula is C24H22N4O2. The highest BCUT2D eigenvalue weighted by Crippen LogP contribution is 2.30. The fraction of sp³-hybridized carbons (Fsp3) is 0.125. The van der Waals surface area contributed by atoms with Crippen LogP contribution in [0.3, 0.4) is 0 Å². The van der Waals surface area contributed by atoms with Gasteiger partial charge in [0.1, 0.15) is 17.3 Å². The lowest BCUT2D eigenvalue weighted by Gasteiger charge is -2.10. The van der Waals surface area contributed by atoms with Gasteiger partial charge >= 0.3 is 0 Å². The highest BCUT2D eigenvalue weighted by atomic mass is 16.5. The van der Waals surface area contributed by atoms with Crippen molar-refractivity contribution >= 4 is 28.3 Å². The summed E-state index contributed by atoms with van der Waals surface area (Å²) in [4.78, 5) is 21.1. The van der Waals surface area contributed by atoms with Crippen molar-refractivity contribution in [2.45, 2.75) is 19.8 Å². The number of nitrogens with two attached hydrogens (primary N) is 1. The summed E-state index contributed by atoms with van der Waals surface area (Å²) < 4.78 is 6.00. The van der Waals surface area contributed by atoms with Crippen LogP contribution in [0.15, 0.2) is 73.1 Å². The molecule has 30 heavy (non-hydrogen) atoms. The Morgan fingerprint density at radius 2 is 1.80 bits per heavy atom. The Morgan fingerprint density at radius 1 is 1.00 bits per heavy atom. The Hall–Kier alpha value is -3.93. The van der Waals surface area contributed by atoms with Crippen molar-refractivity contribution in [1.82, 2.24) is 9.97 Å². The number of hydrogen-bond acceptors (Lipinski definition) is 5. The minimum absolute atomic E-state index is 0.218. The van der Waals surface area contributed by atoms with Crippen LogP contribution in [-0.2, 0) is 6.42 Å². The number of fused-ring (bicyclic) bond motifs is 1. The van der Waals surface area contributed by atoms with E-state index in [0.29, 0.717) is 28.6 Å². The zero-order chi connectivity index (χ0) is 20.9. The number of amides is 1. The summed E-state index contributed by atoms with van der Waals surface area (Å²) in [5, 5.41) is 3.67. The summed E-state index contributed by atoms with van der Waals surface area (Å²) in [6, 6.07) is 18.1. The molecule has 0 aliphatic carbocycles. The van der Waals surface area contributed by atoms with E-state index in [2.05, 4.69) is 22.2 Å². The van der Waals surface area contributed by atoms with Crippen molar-refractivity contribution < 1.29 is 9.53 Å². The standard InChI is InChI=1S/C24H22N4O2/c1-2-3-16-10-12-27-23(14-16)28-24(29)17-4-7-19(8-5-17)30-22-11-13-26-21-9-6-18(25)15-20(21)22/h4-15H,2-3,25H2,1H3,(H,27,28,29).